The van der Waals surface area contributed by atoms with E-state index < -0.39 is 0 Å². The molecule has 2 fully saturated rings. The second kappa shape index (κ2) is 8.52. The third-order valence-corrected chi connectivity index (χ3v) is 4.33. The van der Waals surface area contributed by atoms with Gasteiger partial charge in [-0.25, -0.2) is 0 Å². The molecular formula is C17H25ClN2O3. The fourth-order valence-electron chi connectivity index (χ4n) is 2.97. The molecule has 0 aromatic heterocycles. The highest BCUT2D eigenvalue weighted by molar-refractivity contribution is 5.94. The maximum atomic E-state index is 12.6. The van der Waals surface area contributed by atoms with Crippen molar-refractivity contribution in [2.45, 2.75) is 31.9 Å². The van der Waals surface area contributed by atoms with Gasteiger partial charge in [-0.15, -0.1) is 12.4 Å². The number of hydrogen-bond acceptors (Lipinski definition) is 4. The third-order valence-electron chi connectivity index (χ3n) is 4.33. The highest BCUT2D eigenvalue weighted by Crippen LogP contribution is 2.20. The molecule has 0 unspecified atom stereocenters. The van der Waals surface area contributed by atoms with E-state index >= 15 is 0 Å². The van der Waals surface area contributed by atoms with E-state index in [1.807, 2.05) is 29.2 Å². The van der Waals surface area contributed by atoms with Gasteiger partial charge in [-0.2, -0.15) is 0 Å². The number of nitrogens with one attached hydrogen (secondary N) is 1. The summed E-state index contributed by atoms with van der Waals surface area (Å²) in [5.74, 6) is 0.934. The van der Waals surface area contributed by atoms with Crippen molar-refractivity contribution in [1.29, 1.82) is 0 Å². The van der Waals surface area contributed by atoms with E-state index in [2.05, 4.69) is 12.2 Å². The SMILES string of the molecule is C[C@H]1CNCCN1C(=O)c1ccc(OC2CCOCC2)cc1.Cl. The average molecular weight is 341 g/mol. The van der Waals surface area contributed by atoms with Crippen LogP contribution in [0, 0.1) is 0 Å². The van der Waals surface area contributed by atoms with Crippen LogP contribution in [-0.4, -0.2) is 55.8 Å². The minimum absolute atomic E-state index is 0. The zero-order valence-corrected chi connectivity index (χ0v) is 14.3. The van der Waals surface area contributed by atoms with Crippen LogP contribution in [0.3, 0.4) is 0 Å². The van der Waals surface area contributed by atoms with Crippen LogP contribution in [0.25, 0.3) is 0 Å². The number of nitrogens with zero attached hydrogens (tertiary/aromatic N) is 1. The number of ether oxygens (including phenoxy) is 2. The van der Waals surface area contributed by atoms with Crippen LogP contribution in [0.15, 0.2) is 24.3 Å². The summed E-state index contributed by atoms with van der Waals surface area (Å²) in [5.41, 5.74) is 0.730. The Morgan fingerprint density at radius 1 is 1.26 bits per heavy atom. The molecule has 2 aliphatic rings. The van der Waals surface area contributed by atoms with Gasteiger partial charge in [0.05, 0.1) is 13.2 Å². The molecule has 1 N–H and O–H groups in total. The van der Waals surface area contributed by atoms with Crippen molar-refractivity contribution >= 4 is 18.3 Å². The smallest absolute Gasteiger partial charge is 0.254 e. The Morgan fingerprint density at radius 3 is 2.61 bits per heavy atom. The Balaban J connectivity index is 0.00000192. The summed E-state index contributed by atoms with van der Waals surface area (Å²) in [5, 5.41) is 3.30. The summed E-state index contributed by atoms with van der Waals surface area (Å²) < 4.78 is 11.3. The molecule has 2 saturated heterocycles. The lowest BCUT2D eigenvalue weighted by Gasteiger charge is -2.34. The average Bonchev–Trinajstić information content (AvgIpc) is 2.56. The Labute approximate surface area is 143 Å². The molecule has 0 bridgehead atoms. The topological polar surface area (TPSA) is 50.8 Å². The summed E-state index contributed by atoms with van der Waals surface area (Å²) in [6.07, 6.45) is 2.08. The maximum absolute atomic E-state index is 12.6. The predicted octanol–water partition coefficient (Wildman–Crippen LogP) is 2.10. The van der Waals surface area contributed by atoms with Gasteiger partial charge >= 0.3 is 0 Å². The van der Waals surface area contributed by atoms with Crippen LogP contribution < -0.4 is 10.1 Å². The molecule has 1 aromatic carbocycles. The Morgan fingerprint density at radius 2 is 1.96 bits per heavy atom. The van der Waals surface area contributed by atoms with Crippen molar-refractivity contribution in [3.8, 4) is 5.75 Å². The molecule has 0 spiro atoms. The van der Waals surface area contributed by atoms with Crippen molar-refractivity contribution in [3.63, 3.8) is 0 Å². The maximum Gasteiger partial charge on any atom is 0.254 e. The number of amides is 1. The van der Waals surface area contributed by atoms with E-state index in [0.717, 1.165) is 57.0 Å². The van der Waals surface area contributed by atoms with Crippen LogP contribution in [0.2, 0.25) is 0 Å². The van der Waals surface area contributed by atoms with Gasteiger partial charge in [-0.1, -0.05) is 0 Å². The minimum Gasteiger partial charge on any atom is -0.490 e. The summed E-state index contributed by atoms with van der Waals surface area (Å²) in [6.45, 7) is 6.09. The van der Waals surface area contributed by atoms with Crippen LogP contribution >= 0.6 is 12.4 Å². The second-order valence-corrected chi connectivity index (χ2v) is 6.01. The van der Waals surface area contributed by atoms with Gasteiger partial charge in [-0.3, -0.25) is 4.79 Å². The standard InChI is InChI=1S/C17H24N2O3.ClH/c1-13-12-18-8-9-19(13)17(20)14-2-4-15(5-3-14)22-16-6-10-21-11-7-16;/h2-5,13,16,18H,6-12H2,1H3;1H/t13-;/m0./s1. The van der Waals surface area contributed by atoms with Gasteiger partial charge in [0.25, 0.3) is 5.91 Å². The molecule has 2 aliphatic heterocycles. The number of benzene rings is 1. The van der Waals surface area contributed by atoms with Crippen molar-refractivity contribution in [1.82, 2.24) is 10.2 Å². The van der Waals surface area contributed by atoms with Gasteiger partial charge in [-0.05, 0) is 31.2 Å². The quantitative estimate of drug-likeness (QED) is 0.915. The van der Waals surface area contributed by atoms with Crippen molar-refractivity contribution in [2.75, 3.05) is 32.8 Å². The molecule has 23 heavy (non-hydrogen) atoms. The molecule has 0 aliphatic carbocycles. The van der Waals surface area contributed by atoms with E-state index in [1.165, 1.54) is 0 Å². The van der Waals surface area contributed by atoms with Gasteiger partial charge < -0.3 is 19.7 Å². The third kappa shape index (κ3) is 4.59. The van der Waals surface area contributed by atoms with Crippen LogP contribution in [0.5, 0.6) is 5.75 Å². The monoisotopic (exact) mass is 340 g/mol. The summed E-state index contributed by atoms with van der Waals surface area (Å²) in [4.78, 5) is 14.5. The van der Waals surface area contributed by atoms with Crippen LogP contribution in [0.1, 0.15) is 30.1 Å². The fraction of sp³-hybridized carbons (Fsp3) is 0.588. The highest BCUT2D eigenvalue weighted by Gasteiger charge is 2.24. The Bertz CT molecular complexity index is 503. The minimum atomic E-state index is 0. The molecule has 0 radical (unpaired) electrons. The normalized spacial score (nSPS) is 22.3. The van der Waals surface area contributed by atoms with E-state index in [1.54, 1.807) is 0 Å². The summed E-state index contributed by atoms with van der Waals surface area (Å²) in [6, 6.07) is 7.77. The molecule has 1 atom stereocenters. The van der Waals surface area contributed by atoms with Crippen molar-refractivity contribution < 1.29 is 14.3 Å². The lowest BCUT2D eigenvalue weighted by atomic mass is 10.1. The van der Waals surface area contributed by atoms with E-state index in [9.17, 15) is 4.79 Å². The van der Waals surface area contributed by atoms with Crippen LogP contribution in [-0.2, 0) is 4.74 Å². The number of piperazine rings is 1. The number of halogens is 1. The first kappa shape index (κ1) is 18.0. The summed E-state index contributed by atoms with van der Waals surface area (Å²) >= 11 is 0. The first-order valence-electron chi connectivity index (χ1n) is 8.10. The van der Waals surface area contributed by atoms with Gasteiger partial charge in [0.15, 0.2) is 0 Å². The molecule has 1 aromatic rings. The van der Waals surface area contributed by atoms with Gasteiger partial charge in [0.1, 0.15) is 11.9 Å². The number of hydrogen-bond donors (Lipinski definition) is 1. The molecule has 0 saturated carbocycles. The Hall–Kier alpha value is -1.30. The molecule has 5 nitrogen and oxygen atoms in total. The van der Waals surface area contributed by atoms with E-state index in [-0.39, 0.29) is 30.5 Å². The number of carbonyl (C=O) groups excluding carboxylic acids is 1. The van der Waals surface area contributed by atoms with Crippen molar-refractivity contribution in [3.05, 3.63) is 29.8 Å². The zero-order chi connectivity index (χ0) is 15.4. The molecular weight excluding hydrogens is 316 g/mol. The molecule has 6 heteroatoms. The largest absolute Gasteiger partial charge is 0.490 e. The fourth-order valence-corrected chi connectivity index (χ4v) is 2.97. The number of rotatable bonds is 3. The first-order valence-corrected chi connectivity index (χ1v) is 8.10. The first-order chi connectivity index (χ1) is 10.7. The Kier molecular flexibility index (Phi) is 6.69. The zero-order valence-electron chi connectivity index (χ0n) is 13.5. The number of carbonyl (C=O) groups is 1. The molecule has 1 amide bonds. The second-order valence-electron chi connectivity index (χ2n) is 6.01. The van der Waals surface area contributed by atoms with Gasteiger partial charge in [0.2, 0.25) is 0 Å². The van der Waals surface area contributed by atoms with E-state index in [0.29, 0.717) is 0 Å². The van der Waals surface area contributed by atoms with Gasteiger partial charge in [0, 0.05) is 44.1 Å². The molecule has 128 valence electrons. The lowest BCUT2D eigenvalue weighted by molar-refractivity contribution is 0.0255. The van der Waals surface area contributed by atoms with Crippen LogP contribution in [0.4, 0.5) is 0 Å². The summed E-state index contributed by atoms with van der Waals surface area (Å²) in [7, 11) is 0. The molecule has 2 heterocycles. The van der Waals surface area contributed by atoms with Crippen molar-refractivity contribution in [2.24, 2.45) is 0 Å². The molecule has 3 rings (SSSR count). The van der Waals surface area contributed by atoms with E-state index in [4.69, 9.17) is 9.47 Å². The predicted molar refractivity (Wildman–Crippen MR) is 91.5 cm³/mol. The highest BCUT2D eigenvalue weighted by atomic mass is 35.5. The lowest BCUT2D eigenvalue weighted by Crippen LogP contribution is -2.52.